The number of likely N-dealkylation sites (tertiary alicyclic amines) is 1. The minimum Gasteiger partial charge on any atom is -0.339 e. The molecule has 112 valence electrons. The lowest BCUT2D eigenvalue weighted by Gasteiger charge is -2.16. The van der Waals surface area contributed by atoms with Crippen molar-refractivity contribution >= 4 is 16.9 Å². The molecule has 0 unspecified atom stereocenters. The highest BCUT2D eigenvalue weighted by Gasteiger charge is 2.28. The van der Waals surface area contributed by atoms with Gasteiger partial charge in [-0.1, -0.05) is 12.1 Å². The molecule has 0 radical (unpaired) electrons. The van der Waals surface area contributed by atoms with E-state index in [2.05, 4.69) is 15.2 Å². The van der Waals surface area contributed by atoms with Crippen LogP contribution in [0.1, 0.15) is 12.5 Å². The van der Waals surface area contributed by atoms with E-state index < -0.39 is 0 Å². The highest BCUT2D eigenvalue weighted by atomic mass is 16.2. The van der Waals surface area contributed by atoms with Gasteiger partial charge in [0.15, 0.2) is 0 Å². The number of amides is 1. The molecule has 3 heterocycles. The molecule has 1 amide bonds. The van der Waals surface area contributed by atoms with Gasteiger partial charge >= 0.3 is 0 Å². The highest BCUT2D eigenvalue weighted by Crippen LogP contribution is 2.20. The third-order valence-electron chi connectivity index (χ3n) is 4.11. The largest absolute Gasteiger partial charge is 0.339 e. The monoisotopic (exact) mass is 296 g/mol. The minimum absolute atomic E-state index is 0.109. The van der Waals surface area contributed by atoms with Crippen molar-refractivity contribution in [2.45, 2.75) is 19.0 Å². The zero-order chi connectivity index (χ0) is 14.9. The van der Waals surface area contributed by atoms with Crippen molar-refractivity contribution in [1.29, 1.82) is 0 Å². The Morgan fingerprint density at radius 2 is 2.05 bits per heavy atom. The summed E-state index contributed by atoms with van der Waals surface area (Å²) in [5, 5.41) is 8.32. The van der Waals surface area contributed by atoms with Gasteiger partial charge in [-0.25, -0.2) is 4.98 Å². The van der Waals surface area contributed by atoms with Crippen molar-refractivity contribution in [1.82, 2.24) is 29.4 Å². The minimum atomic E-state index is 0.109. The number of fused-ring (bicyclic) bond motifs is 1. The van der Waals surface area contributed by atoms with E-state index in [9.17, 15) is 4.79 Å². The Bertz CT molecular complexity index is 793. The van der Waals surface area contributed by atoms with E-state index in [0.717, 1.165) is 24.0 Å². The Morgan fingerprint density at radius 3 is 2.91 bits per heavy atom. The summed E-state index contributed by atoms with van der Waals surface area (Å²) in [5.41, 5.74) is 1.90. The molecule has 1 aliphatic rings. The number of para-hydroxylation sites is 2. The number of nitrogens with zero attached hydrogens (tertiary/aromatic N) is 6. The van der Waals surface area contributed by atoms with Crippen LogP contribution in [-0.2, 0) is 11.3 Å². The van der Waals surface area contributed by atoms with Crippen molar-refractivity contribution < 1.29 is 4.79 Å². The summed E-state index contributed by atoms with van der Waals surface area (Å²) in [5.74, 6) is 0.109. The molecule has 3 aromatic rings. The van der Waals surface area contributed by atoms with Crippen molar-refractivity contribution in [2.24, 2.45) is 0 Å². The van der Waals surface area contributed by atoms with Crippen LogP contribution in [0.4, 0.5) is 0 Å². The van der Waals surface area contributed by atoms with Gasteiger partial charge in [0, 0.05) is 13.1 Å². The highest BCUT2D eigenvalue weighted by molar-refractivity contribution is 5.80. The van der Waals surface area contributed by atoms with Crippen molar-refractivity contribution in [3.8, 4) is 0 Å². The third kappa shape index (κ3) is 2.24. The Morgan fingerprint density at radius 1 is 1.23 bits per heavy atom. The predicted molar refractivity (Wildman–Crippen MR) is 80.0 cm³/mol. The maximum atomic E-state index is 12.5. The lowest BCUT2D eigenvalue weighted by Crippen LogP contribution is -2.32. The van der Waals surface area contributed by atoms with Gasteiger partial charge in [-0.2, -0.15) is 15.0 Å². The van der Waals surface area contributed by atoms with Gasteiger partial charge in [-0.05, 0) is 18.6 Å². The molecule has 7 nitrogen and oxygen atoms in total. The number of carbonyl (C=O) groups excluding carboxylic acids is 1. The average Bonchev–Trinajstić information content (AvgIpc) is 3.28. The smallest absolute Gasteiger partial charge is 0.242 e. The van der Waals surface area contributed by atoms with Gasteiger partial charge in [0.2, 0.25) is 5.91 Å². The van der Waals surface area contributed by atoms with Crippen molar-refractivity contribution in [2.75, 3.05) is 13.1 Å². The van der Waals surface area contributed by atoms with Gasteiger partial charge in [0.05, 0.1) is 35.8 Å². The first-order chi connectivity index (χ1) is 10.8. The van der Waals surface area contributed by atoms with E-state index in [-0.39, 0.29) is 11.9 Å². The maximum absolute atomic E-state index is 12.5. The number of aromatic nitrogens is 5. The maximum Gasteiger partial charge on any atom is 0.242 e. The predicted octanol–water partition coefficient (Wildman–Crippen LogP) is 1.10. The first-order valence-corrected chi connectivity index (χ1v) is 7.35. The number of hydrogen-bond donors (Lipinski definition) is 0. The third-order valence-corrected chi connectivity index (χ3v) is 4.11. The zero-order valence-electron chi connectivity index (χ0n) is 12.0. The molecular formula is C15H16N6O. The molecule has 1 aromatic carbocycles. The SMILES string of the molecule is O=C(Cn1cnc2ccccc21)N1CC[C@H](n2nccn2)C1. The molecule has 4 rings (SSSR count). The molecule has 1 saturated heterocycles. The van der Waals surface area contributed by atoms with Crippen LogP contribution in [0.3, 0.4) is 0 Å². The second kappa shape index (κ2) is 5.25. The number of hydrogen-bond acceptors (Lipinski definition) is 4. The summed E-state index contributed by atoms with van der Waals surface area (Å²) in [6.45, 7) is 1.73. The number of benzene rings is 1. The summed E-state index contributed by atoms with van der Waals surface area (Å²) < 4.78 is 1.90. The fourth-order valence-electron chi connectivity index (χ4n) is 2.95. The fraction of sp³-hybridized carbons (Fsp3) is 0.333. The van der Waals surface area contributed by atoms with Crippen LogP contribution in [0.5, 0.6) is 0 Å². The Balaban J connectivity index is 1.47. The van der Waals surface area contributed by atoms with Crippen LogP contribution in [0, 0.1) is 0 Å². The molecule has 0 aliphatic carbocycles. The van der Waals surface area contributed by atoms with Crippen LogP contribution in [-0.4, -0.2) is 48.4 Å². The Kier molecular flexibility index (Phi) is 3.10. The summed E-state index contributed by atoms with van der Waals surface area (Å²) in [7, 11) is 0. The van der Waals surface area contributed by atoms with E-state index >= 15 is 0 Å². The van der Waals surface area contributed by atoms with Gasteiger partial charge in [-0.15, -0.1) is 0 Å². The first-order valence-electron chi connectivity index (χ1n) is 7.35. The molecule has 1 aliphatic heterocycles. The van der Waals surface area contributed by atoms with Crippen LogP contribution in [0.25, 0.3) is 11.0 Å². The summed E-state index contributed by atoms with van der Waals surface area (Å²) in [6.07, 6.45) is 5.96. The lowest BCUT2D eigenvalue weighted by molar-refractivity contribution is -0.130. The molecule has 0 saturated carbocycles. The molecule has 22 heavy (non-hydrogen) atoms. The number of rotatable bonds is 3. The Labute approximate surface area is 127 Å². The molecule has 0 bridgehead atoms. The van der Waals surface area contributed by atoms with Crippen LogP contribution in [0.15, 0.2) is 43.0 Å². The Hall–Kier alpha value is -2.70. The lowest BCUT2D eigenvalue weighted by atomic mass is 10.3. The summed E-state index contributed by atoms with van der Waals surface area (Å²) in [6, 6.07) is 8.02. The molecule has 1 atom stereocenters. The number of carbonyl (C=O) groups is 1. The van der Waals surface area contributed by atoms with Crippen LogP contribution in [0.2, 0.25) is 0 Å². The van der Waals surface area contributed by atoms with Gasteiger partial charge in [-0.3, -0.25) is 4.79 Å². The normalized spacial score (nSPS) is 18.2. The molecule has 0 N–H and O–H groups in total. The summed E-state index contributed by atoms with van der Waals surface area (Å²) in [4.78, 5) is 20.4. The van der Waals surface area contributed by atoms with E-state index in [1.807, 2.05) is 33.7 Å². The van der Waals surface area contributed by atoms with Gasteiger partial charge < -0.3 is 9.47 Å². The van der Waals surface area contributed by atoms with E-state index in [0.29, 0.717) is 13.1 Å². The van der Waals surface area contributed by atoms with Gasteiger partial charge in [0.1, 0.15) is 6.54 Å². The molecule has 2 aromatic heterocycles. The number of imidazole rings is 1. The average molecular weight is 296 g/mol. The molecule has 0 spiro atoms. The first kappa shape index (κ1) is 13.0. The molecule has 7 heteroatoms. The fourth-order valence-corrected chi connectivity index (χ4v) is 2.95. The quantitative estimate of drug-likeness (QED) is 0.726. The standard InChI is InChI=1S/C15H16N6O/c22-15(10-20-11-16-13-3-1-2-4-14(13)20)19-8-5-12(9-19)21-17-6-7-18-21/h1-4,6-7,11-12H,5,8-10H2/t12-/m0/s1. The van der Waals surface area contributed by atoms with Crippen LogP contribution >= 0.6 is 0 Å². The topological polar surface area (TPSA) is 68.8 Å². The second-order valence-electron chi connectivity index (χ2n) is 5.49. The van der Waals surface area contributed by atoms with Crippen molar-refractivity contribution in [3.63, 3.8) is 0 Å². The summed E-state index contributed by atoms with van der Waals surface area (Å²) >= 11 is 0. The van der Waals surface area contributed by atoms with E-state index in [4.69, 9.17) is 0 Å². The van der Waals surface area contributed by atoms with Crippen molar-refractivity contribution in [3.05, 3.63) is 43.0 Å². The van der Waals surface area contributed by atoms with Gasteiger partial charge in [0.25, 0.3) is 0 Å². The molecular weight excluding hydrogens is 280 g/mol. The van der Waals surface area contributed by atoms with Crippen LogP contribution < -0.4 is 0 Å². The zero-order valence-corrected chi connectivity index (χ0v) is 12.0. The van der Waals surface area contributed by atoms with E-state index in [1.165, 1.54) is 0 Å². The van der Waals surface area contributed by atoms with E-state index in [1.54, 1.807) is 23.5 Å². The molecule has 1 fully saturated rings. The second-order valence-corrected chi connectivity index (χ2v) is 5.49.